The fourth-order valence-electron chi connectivity index (χ4n) is 1.40. The molecule has 0 amide bonds. The van der Waals surface area contributed by atoms with Crippen LogP contribution in [0, 0.1) is 0 Å². The highest BCUT2D eigenvalue weighted by Crippen LogP contribution is 2.24. The molecule has 90 valence electrons. The molecule has 0 spiro atoms. The zero-order valence-corrected chi connectivity index (χ0v) is 11.3. The van der Waals surface area contributed by atoms with Crippen molar-refractivity contribution in [2.75, 3.05) is 0 Å². The van der Waals surface area contributed by atoms with Crippen LogP contribution in [0.3, 0.4) is 0 Å². The summed E-state index contributed by atoms with van der Waals surface area (Å²) in [4.78, 5) is 13.6. The lowest BCUT2D eigenvalue weighted by atomic mass is 10.2. The highest BCUT2D eigenvalue weighted by atomic mass is 79.9. The highest BCUT2D eigenvalue weighted by molar-refractivity contribution is 9.10. The number of phenolic OH excluding ortho intramolecular Hbond substituents is 1. The number of H-pyrrole nitrogens is 1. The van der Waals surface area contributed by atoms with Gasteiger partial charge >= 0.3 is 4.87 Å². The highest BCUT2D eigenvalue weighted by Gasteiger charge is 2.00. The van der Waals surface area contributed by atoms with Crippen LogP contribution in [-0.4, -0.2) is 10.1 Å². The van der Waals surface area contributed by atoms with E-state index in [2.05, 4.69) is 26.2 Å². The van der Waals surface area contributed by atoms with Gasteiger partial charge in [-0.05, 0) is 33.6 Å². The Labute approximate surface area is 110 Å². The molecule has 6 heteroatoms. The second-order valence-electron chi connectivity index (χ2n) is 3.56. The number of hydrogen-bond donors (Lipinski definition) is 3. The SMILES string of the molecule is O=c1[nH]c(CNCc2ccc(O)c(Br)c2)cs1. The average Bonchev–Trinajstić information content (AvgIpc) is 2.70. The third-order valence-electron chi connectivity index (χ3n) is 2.23. The van der Waals surface area contributed by atoms with Gasteiger partial charge < -0.3 is 15.4 Å². The average molecular weight is 315 g/mol. The number of hydrogen-bond acceptors (Lipinski definition) is 4. The first kappa shape index (κ1) is 12.3. The van der Waals surface area contributed by atoms with Crippen LogP contribution in [0.5, 0.6) is 5.75 Å². The topological polar surface area (TPSA) is 65.1 Å². The summed E-state index contributed by atoms with van der Waals surface area (Å²) in [5, 5.41) is 14.4. The number of benzene rings is 1. The number of aromatic nitrogens is 1. The lowest BCUT2D eigenvalue weighted by Gasteiger charge is -2.05. The molecule has 1 aromatic heterocycles. The van der Waals surface area contributed by atoms with Crippen molar-refractivity contribution in [3.8, 4) is 5.75 Å². The summed E-state index contributed by atoms with van der Waals surface area (Å²) in [5.41, 5.74) is 1.95. The van der Waals surface area contributed by atoms with Crippen LogP contribution in [-0.2, 0) is 13.1 Å². The zero-order valence-electron chi connectivity index (χ0n) is 8.87. The van der Waals surface area contributed by atoms with Crippen LogP contribution in [0.4, 0.5) is 0 Å². The van der Waals surface area contributed by atoms with Gasteiger partial charge in [0, 0.05) is 24.2 Å². The molecule has 2 aromatic rings. The quantitative estimate of drug-likeness (QED) is 0.810. The molecule has 0 aliphatic carbocycles. The molecule has 0 unspecified atom stereocenters. The van der Waals surface area contributed by atoms with Gasteiger partial charge in [-0.3, -0.25) is 4.79 Å². The Balaban J connectivity index is 1.89. The molecule has 2 rings (SSSR count). The van der Waals surface area contributed by atoms with Gasteiger partial charge in [0.15, 0.2) is 0 Å². The van der Waals surface area contributed by atoms with E-state index < -0.39 is 0 Å². The summed E-state index contributed by atoms with van der Waals surface area (Å²) < 4.78 is 0.681. The lowest BCUT2D eigenvalue weighted by molar-refractivity contribution is 0.471. The van der Waals surface area contributed by atoms with E-state index in [1.165, 1.54) is 0 Å². The normalized spacial score (nSPS) is 10.6. The van der Waals surface area contributed by atoms with E-state index in [9.17, 15) is 9.90 Å². The predicted molar refractivity (Wildman–Crippen MR) is 71.3 cm³/mol. The maximum atomic E-state index is 10.9. The van der Waals surface area contributed by atoms with Crippen LogP contribution in [0.2, 0.25) is 0 Å². The van der Waals surface area contributed by atoms with Crippen molar-refractivity contribution < 1.29 is 5.11 Å². The lowest BCUT2D eigenvalue weighted by Crippen LogP contribution is -2.13. The summed E-state index contributed by atoms with van der Waals surface area (Å²) in [6.07, 6.45) is 0. The molecule has 1 heterocycles. The summed E-state index contributed by atoms with van der Waals surface area (Å²) >= 11 is 4.43. The Morgan fingerprint density at radius 2 is 2.24 bits per heavy atom. The maximum Gasteiger partial charge on any atom is 0.304 e. The Hall–Kier alpha value is -1.11. The molecule has 0 radical (unpaired) electrons. The third-order valence-corrected chi connectivity index (χ3v) is 3.58. The van der Waals surface area contributed by atoms with E-state index in [1.54, 1.807) is 6.07 Å². The molecule has 0 atom stereocenters. The number of nitrogens with one attached hydrogen (secondary N) is 2. The van der Waals surface area contributed by atoms with Gasteiger partial charge in [-0.25, -0.2) is 0 Å². The molecule has 4 nitrogen and oxygen atoms in total. The standard InChI is InChI=1S/C11H11BrN2O2S/c12-9-3-7(1-2-10(9)15)4-13-5-8-6-17-11(16)14-8/h1-3,6,13,15H,4-5H2,(H,14,16). The number of thiazole rings is 1. The number of phenols is 1. The first-order chi connectivity index (χ1) is 8.15. The monoisotopic (exact) mass is 314 g/mol. The van der Waals surface area contributed by atoms with Crippen LogP contribution >= 0.6 is 27.3 Å². The van der Waals surface area contributed by atoms with E-state index >= 15 is 0 Å². The van der Waals surface area contributed by atoms with Gasteiger partial charge in [-0.1, -0.05) is 17.4 Å². The van der Waals surface area contributed by atoms with E-state index in [-0.39, 0.29) is 10.6 Å². The van der Waals surface area contributed by atoms with E-state index in [0.29, 0.717) is 17.6 Å². The fourth-order valence-corrected chi connectivity index (χ4v) is 2.41. The van der Waals surface area contributed by atoms with Crippen molar-refractivity contribution in [2.24, 2.45) is 0 Å². The maximum absolute atomic E-state index is 10.9. The van der Waals surface area contributed by atoms with Crippen LogP contribution in [0.15, 0.2) is 32.8 Å². The number of aromatic amines is 1. The van der Waals surface area contributed by atoms with Gasteiger partial charge in [0.05, 0.1) is 4.47 Å². The minimum absolute atomic E-state index is 0.0332. The number of rotatable bonds is 4. The summed E-state index contributed by atoms with van der Waals surface area (Å²) in [7, 11) is 0. The van der Waals surface area contributed by atoms with Crippen molar-refractivity contribution in [1.29, 1.82) is 0 Å². The Morgan fingerprint density at radius 1 is 1.41 bits per heavy atom. The minimum Gasteiger partial charge on any atom is -0.507 e. The van der Waals surface area contributed by atoms with E-state index in [0.717, 1.165) is 22.6 Å². The summed E-state index contributed by atoms with van der Waals surface area (Å²) in [5.74, 6) is 0.232. The third kappa shape index (κ3) is 3.42. The molecular formula is C11H11BrN2O2S. The minimum atomic E-state index is -0.0332. The molecular weight excluding hydrogens is 304 g/mol. The second kappa shape index (κ2) is 5.48. The Bertz CT molecular complexity index is 565. The molecule has 0 bridgehead atoms. The van der Waals surface area contributed by atoms with E-state index in [4.69, 9.17) is 0 Å². The molecule has 0 aliphatic rings. The largest absolute Gasteiger partial charge is 0.507 e. The van der Waals surface area contributed by atoms with E-state index in [1.807, 2.05) is 17.5 Å². The van der Waals surface area contributed by atoms with Crippen molar-refractivity contribution >= 4 is 27.3 Å². The second-order valence-corrected chi connectivity index (χ2v) is 5.26. The predicted octanol–water partition coefficient (Wildman–Crippen LogP) is 2.19. The Morgan fingerprint density at radius 3 is 2.88 bits per heavy atom. The van der Waals surface area contributed by atoms with Crippen LogP contribution in [0.1, 0.15) is 11.3 Å². The van der Waals surface area contributed by atoms with Crippen LogP contribution in [0.25, 0.3) is 0 Å². The molecule has 0 saturated carbocycles. The number of halogens is 1. The molecule has 17 heavy (non-hydrogen) atoms. The van der Waals surface area contributed by atoms with Crippen molar-refractivity contribution in [1.82, 2.24) is 10.3 Å². The summed E-state index contributed by atoms with van der Waals surface area (Å²) in [6.45, 7) is 1.30. The molecule has 0 aliphatic heterocycles. The van der Waals surface area contributed by atoms with Crippen LogP contribution < -0.4 is 10.2 Å². The van der Waals surface area contributed by atoms with Crippen molar-refractivity contribution in [3.05, 3.63) is 49.0 Å². The molecule has 0 fully saturated rings. The fraction of sp³-hybridized carbons (Fsp3) is 0.182. The van der Waals surface area contributed by atoms with Crippen molar-refractivity contribution in [3.63, 3.8) is 0 Å². The molecule has 0 saturated heterocycles. The van der Waals surface area contributed by atoms with Gasteiger partial charge in [0.1, 0.15) is 5.75 Å². The van der Waals surface area contributed by atoms with Gasteiger partial charge in [-0.15, -0.1) is 0 Å². The molecule has 1 aromatic carbocycles. The first-order valence-electron chi connectivity index (χ1n) is 5.00. The number of aromatic hydroxyl groups is 1. The van der Waals surface area contributed by atoms with Gasteiger partial charge in [0.2, 0.25) is 0 Å². The summed E-state index contributed by atoms with van der Waals surface area (Å²) in [6, 6.07) is 5.36. The van der Waals surface area contributed by atoms with Gasteiger partial charge in [-0.2, -0.15) is 0 Å². The first-order valence-corrected chi connectivity index (χ1v) is 6.67. The Kier molecular flexibility index (Phi) is 3.98. The molecule has 3 N–H and O–H groups in total. The smallest absolute Gasteiger partial charge is 0.304 e. The van der Waals surface area contributed by atoms with Gasteiger partial charge in [0.25, 0.3) is 0 Å². The zero-order chi connectivity index (χ0) is 12.3. The van der Waals surface area contributed by atoms with Crippen molar-refractivity contribution in [2.45, 2.75) is 13.1 Å².